The first-order chi connectivity index (χ1) is 35.8. The van der Waals surface area contributed by atoms with Crippen LogP contribution in [0.2, 0.25) is 6.82 Å². The van der Waals surface area contributed by atoms with Crippen molar-refractivity contribution in [1.29, 1.82) is 0 Å². The molecule has 0 spiro atoms. The summed E-state index contributed by atoms with van der Waals surface area (Å²) in [4.78, 5) is 57.8. The molecule has 384 valence electrons. The molecule has 4 N–H and O–H groups in total. The Hall–Kier alpha value is -7.94. The van der Waals surface area contributed by atoms with Gasteiger partial charge in [0.1, 0.15) is 46.0 Å². The molecule has 9 rings (SSSR count). The zero-order valence-corrected chi connectivity index (χ0v) is 42.0. The molecule has 2 aromatic heterocycles. The van der Waals surface area contributed by atoms with E-state index >= 15 is 0 Å². The van der Waals surface area contributed by atoms with Gasteiger partial charge in [-0.25, -0.2) is 8.78 Å². The van der Waals surface area contributed by atoms with E-state index in [2.05, 4.69) is 25.7 Å². The van der Waals surface area contributed by atoms with Crippen molar-refractivity contribution in [3.8, 4) is 45.5 Å². The standard InChI is InChI=1S/C28H30BFN4O5.C26H27FN4O4/c1-29(37)33-12-10-18(11-13-33)27-25(26(31-32-27)17-4-7-20(30)8-5-17)22-15-24(35)34(28(22)36)16-19-6-9-21(38-2)14-23(19)39-3;1-28-12-4-5-21-24(25(30-29-21)16-6-9-18(27)10-7-16)20-14-23(32)31(26(20)33)15-17-8-11-19(34-2)13-22(17)35-3/h4-9,14-15,18,37H,10-13,16H2,1-3H3,(H,31,32);6-11,13-14,28H,4-5,12,15H2,1-3H3,(H,29,30). The van der Waals surface area contributed by atoms with Crippen LogP contribution in [0.15, 0.2) is 97.1 Å². The van der Waals surface area contributed by atoms with Crippen molar-refractivity contribution >= 4 is 41.8 Å². The molecule has 0 atom stereocenters. The van der Waals surface area contributed by atoms with Crippen LogP contribution in [0, 0.1) is 11.6 Å². The fraction of sp³-hybridized carbons (Fsp3) is 0.296. The van der Waals surface area contributed by atoms with Crippen molar-refractivity contribution < 1.29 is 51.9 Å². The second-order valence-corrected chi connectivity index (χ2v) is 17.9. The molecule has 1 fully saturated rings. The molecule has 0 bridgehead atoms. The minimum absolute atomic E-state index is 0.0245. The van der Waals surface area contributed by atoms with Crippen LogP contribution in [0.1, 0.15) is 58.8 Å². The van der Waals surface area contributed by atoms with Gasteiger partial charge < -0.3 is 34.1 Å². The average molecular weight is 1010 g/mol. The Morgan fingerprint density at radius 3 is 1.61 bits per heavy atom. The van der Waals surface area contributed by atoms with E-state index in [1.54, 1.807) is 81.7 Å². The number of nitrogens with one attached hydrogen (secondary N) is 3. The van der Waals surface area contributed by atoms with Crippen molar-refractivity contribution in [1.82, 2.24) is 40.3 Å². The highest BCUT2D eigenvalue weighted by molar-refractivity contribution is 6.45. The number of benzene rings is 4. The Balaban J connectivity index is 0.000000198. The van der Waals surface area contributed by atoms with Gasteiger partial charge in [-0.3, -0.25) is 39.2 Å². The largest absolute Gasteiger partial charge is 0.497 e. The number of piperidine rings is 1. The van der Waals surface area contributed by atoms with E-state index in [1.807, 2.05) is 11.9 Å². The number of nitrogens with zero attached hydrogens (tertiary/aromatic N) is 5. The van der Waals surface area contributed by atoms with Gasteiger partial charge in [0.2, 0.25) is 0 Å². The number of aromatic amines is 2. The van der Waals surface area contributed by atoms with E-state index in [0.29, 0.717) is 87.3 Å². The van der Waals surface area contributed by atoms with E-state index in [-0.39, 0.29) is 41.8 Å². The van der Waals surface area contributed by atoms with Crippen LogP contribution >= 0.6 is 0 Å². The van der Waals surface area contributed by atoms with Gasteiger partial charge in [-0.15, -0.1) is 0 Å². The minimum Gasteiger partial charge on any atom is -0.497 e. The maximum Gasteiger partial charge on any atom is 0.376 e. The lowest BCUT2D eigenvalue weighted by atomic mass is 9.79. The number of ether oxygens (including phenoxy) is 4. The summed E-state index contributed by atoms with van der Waals surface area (Å²) in [5, 5.41) is 28.2. The minimum atomic E-state index is -0.540. The molecule has 4 aromatic carbocycles. The Bertz CT molecular complexity index is 3090. The molecule has 6 aromatic rings. The van der Waals surface area contributed by atoms with E-state index in [9.17, 15) is 33.0 Å². The first-order valence-corrected chi connectivity index (χ1v) is 24.1. The predicted octanol–water partition coefficient (Wildman–Crippen LogP) is 6.81. The topological polar surface area (TPSA) is 205 Å². The highest BCUT2D eigenvalue weighted by Crippen LogP contribution is 2.41. The summed E-state index contributed by atoms with van der Waals surface area (Å²) >= 11 is 0. The number of aromatic nitrogens is 4. The van der Waals surface area contributed by atoms with Crippen molar-refractivity contribution in [2.45, 2.75) is 51.5 Å². The zero-order valence-electron chi connectivity index (χ0n) is 42.0. The summed E-state index contributed by atoms with van der Waals surface area (Å²) in [6, 6.07) is 22.2. The monoisotopic (exact) mass is 1010 g/mol. The number of methoxy groups -OCH3 is 4. The number of carbonyl (C=O) groups is 4. The van der Waals surface area contributed by atoms with Crippen LogP contribution < -0.4 is 24.3 Å². The molecule has 0 unspecified atom stereocenters. The van der Waals surface area contributed by atoms with Crippen molar-refractivity contribution in [2.75, 3.05) is 55.1 Å². The van der Waals surface area contributed by atoms with Gasteiger partial charge in [0, 0.05) is 75.0 Å². The number of hydrogen-bond donors (Lipinski definition) is 4. The zero-order chi connectivity index (χ0) is 52.6. The molecule has 3 aliphatic rings. The van der Waals surface area contributed by atoms with Gasteiger partial charge >= 0.3 is 7.05 Å². The Morgan fingerprint density at radius 1 is 0.676 bits per heavy atom. The fourth-order valence-corrected chi connectivity index (χ4v) is 9.39. The van der Waals surface area contributed by atoms with E-state index in [0.717, 1.165) is 37.2 Å². The molecule has 20 heteroatoms. The SMILES string of the molecule is CNCCCc1[nH]nc(-c2ccc(F)cc2)c1C1=CC(=O)N(Cc2ccc(OC)cc2OC)C1=O.COc1ccc(CN2C(=O)C=C(c3c(-c4ccc(F)cc4)n[nH]c3C3CCN(B(C)O)CC3)C2=O)c(OC)c1. The highest BCUT2D eigenvalue weighted by Gasteiger charge is 2.39. The molecule has 0 saturated carbocycles. The van der Waals surface area contributed by atoms with Crippen molar-refractivity contribution in [2.24, 2.45) is 0 Å². The number of rotatable bonds is 18. The Labute approximate surface area is 427 Å². The number of H-pyrrole nitrogens is 2. The van der Waals surface area contributed by atoms with Gasteiger partial charge in [-0.05, 0) is 132 Å². The maximum atomic E-state index is 13.8. The molecule has 0 radical (unpaired) electrons. The summed E-state index contributed by atoms with van der Waals surface area (Å²) in [5.41, 5.74) is 6.72. The summed E-state index contributed by atoms with van der Waals surface area (Å²) < 4.78 is 48.6. The lowest BCUT2D eigenvalue weighted by Crippen LogP contribution is -2.42. The number of amides is 4. The average Bonchev–Trinajstić information content (AvgIpc) is 4.18. The van der Waals surface area contributed by atoms with E-state index in [1.165, 1.54) is 60.4 Å². The maximum absolute atomic E-state index is 13.8. The van der Waals surface area contributed by atoms with Crippen LogP contribution in [0.4, 0.5) is 8.78 Å². The number of imide groups is 2. The second-order valence-electron chi connectivity index (χ2n) is 17.9. The summed E-state index contributed by atoms with van der Waals surface area (Å²) in [5.74, 6) is -0.207. The molecular formula is C54H57BF2N8O9. The summed E-state index contributed by atoms with van der Waals surface area (Å²) in [7, 11) is 7.47. The Kier molecular flexibility index (Phi) is 16.5. The molecule has 17 nitrogen and oxygen atoms in total. The van der Waals surface area contributed by atoms with Crippen LogP contribution in [0.5, 0.6) is 23.0 Å². The van der Waals surface area contributed by atoms with Crippen LogP contribution in [-0.2, 0) is 38.7 Å². The number of halogens is 2. The lowest BCUT2D eigenvalue weighted by Gasteiger charge is -2.32. The van der Waals surface area contributed by atoms with Crippen LogP contribution in [0.3, 0.4) is 0 Å². The number of aryl methyl sites for hydroxylation is 1. The fourth-order valence-electron chi connectivity index (χ4n) is 9.39. The van der Waals surface area contributed by atoms with Gasteiger partial charge in [-0.2, -0.15) is 10.2 Å². The first-order valence-electron chi connectivity index (χ1n) is 24.1. The van der Waals surface area contributed by atoms with E-state index < -0.39 is 30.7 Å². The van der Waals surface area contributed by atoms with Gasteiger partial charge in [0.15, 0.2) is 0 Å². The van der Waals surface area contributed by atoms with Crippen LogP contribution in [-0.4, -0.2) is 126 Å². The Morgan fingerprint density at radius 2 is 1.15 bits per heavy atom. The van der Waals surface area contributed by atoms with Crippen molar-refractivity contribution in [3.63, 3.8) is 0 Å². The molecule has 1 saturated heterocycles. The first kappa shape index (κ1) is 52.4. The molecular weight excluding hydrogens is 953 g/mol. The molecule has 3 aliphatic heterocycles. The third kappa shape index (κ3) is 11.2. The van der Waals surface area contributed by atoms with Crippen molar-refractivity contribution in [3.05, 3.63) is 142 Å². The second kappa shape index (κ2) is 23.3. The van der Waals surface area contributed by atoms with Gasteiger partial charge in [-0.1, -0.05) is 0 Å². The quantitative estimate of drug-likeness (QED) is 0.0398. The van der Waals surface area contributed by atoms with Gasteiger partial charge in [0.25, 0.3) is 23.6 Å². The molecule has 4 amide bonds. The molecule has 0 aliphatic carbocycles. The molecule has 74 heavy (non-hydrogen) atoms. The third-order valence-electron chi connectivity index (χ3n) is 13.4. The lowest BCUT2D eigenvalue weighted by molar-refractivity contribution is -0.138. The van der Waals surface area contributed by atoms with Gasteiger partial charge in [0.05, 0.1) is 52.7 Å². The number of carbonyl (C=O) groups excluding carboxylic acids is 4. The highest BCUT2D eigenvalue weighted by atomic mass is 19.1. The van der Waals surface area contributed by atoms with E-state index in [4.69, 9.17) is 18.9 Å². The predicted molar refractivity (Wildman–Crippen MR) is 274 cm³/mol. The smallest absolute Gasteiger partial charge is 0.376 e. The third-order valence-corrected chi connectivity index (χ3v) is 13.4. The summed E-state index contributed by atoms with van der Waals surface area (Å²) in [6.07, 6.45) is 5.60. The normalized spacial score (nSPS) is 15.0. The molecule has 5 heterocycles. The summed E-state index contributed by atoms with van der Waals surface area (Å²) in [6.45, 7) is 3.96. The number of hydrogen-bond acceptors (Lipinski definition) is 13. The van der Waals surface area contributed by atoms with Crippen LogP contribution in [0.25, 0.3) is 33.7 Å².